The molecule has 0 unspecified atom stereocenters. The van der Waals surface area contributed by atoms with Gasteiger partial charge in [0.05, 0.1) is 56.8 Å². The van der Waals surface area contributed by atoms with Crippen molar-refractivity contribution in [3.05, 3.63) is 60.8 Å². The van der Waals surface area contributed by atoms with Crippen molar-refractivity contribution in [3.63, 3.8) is 0 Å². The van der Waals surface area contributed by atoms with E-state index in [1.54, 1.807) is 34.1 Å². The molecular formula is C24H22FN7O2. The van der Waals surface area contributed by atoms with Crippen molar-refractivity contribution in [3.8, 4) is 22.8 Å². The Morgan fingerprint density at radius 2 is 2.00 bits per heavy atom. The van der Waals surface area contributed by atoms with Crippen molar-refractivity contribution in [2.24, 2.45) is 12.0 Å². The molecule has 4 heterocycles. The Morgan fingerprint density at radius 3 is 2.71 bits per heavy atom. The number of aromatic nitrogens is 5. The number of aryl methyl sites for hydroxylation is 1. The van der Waals surface area contributed by atoms with E-state index in [0.29, 0.717) is 41.5 Å². The van der Waals surface area contributed by atoms with Gasteiger partial charge < -0.3 is 14.4 Å². The SMILES string of the molecule is COc1cc(OC)c(F)c(N(CC2=NCC=C2)c2ccc3ncc(-c4cnn(C)c4)nc3n2)c1. The van der Waals surface area contributed by atoms with E-state index in [4.69, 9.17) is 14.5 Å². The normalized spacial score (nSPS) is 12.8. The largest absolute Gasteiger partial charge is 0.497 e. The van der Waals surface area contributed by atoms with Crippen LogP contribution in [0.3, 0.4) is 0 Å². The summed E-state index contributed by atoms with van der Waals surface area (Å²) in [5.41, 5.74) is 3.59. The molecule has 0 atom stereocenters. The molecule has 0 bridgehead atoms. The van der Waals surface area contributed by atoms with Crippen LogP contribution < -0.4 is 14.4 Å². The maximum absolute atomic E-state index is 15.5. The number of hydrogen-bond acceptors (Lipinski definition) is 8. The van der Waals surface area contributed by atoms with Crippen LogP contribution >= 0.6 is 0 Å². The van der Waals surface area contributed by atoms with E-state index >= 15 is 4.39 Å². The number of nitrogens with zero attached hydrogens (tertiary/aromatic N) is 7. The molecule has 1 aliphatic rings. The van der Waals surface area contributed by atoms with E-state index in [0.717, 1.165) is 11.3 Å². The minimum absolute atomic E-state index is 0.0719. The van der Waals surface area contributed by atoms with Gasteiger partial charge in [0.15, 0.2) is 17.2 Å². The molecule has 0 spiro atoms. The van der Waals surface area contributed by atoms with Crippen LogP contribution in [0.25, 0.3) is 22.4 Å². The van der Waals surface area contributed by atoms with Crippen molar-refractivity contribution < 1.29 is 13.9 Å². The van der Waals surface area contributed by atoms with Gasteiger partial charge in [0, 0.05) is 30.9 Å². The molecule has 172 valence electrons. The Morgan fingerprint density at radius 1 is 1.12 bits per heavy atom. The van der Waals surface area contributed by atoms with E-state index in [-0.39, 0.29) is 11.4 Å². The summed E-state index contributed by atoms with van der Waals surface area (Å²) in [5.74, 6) is 0.495. The van der Waals surface area contributed by atoms with Gasteiger partial charge in [-0.2, -0.15) is 5.10 Å². The standard InChI is InChI=1S/C24H22FN7O2/c1-31-13-15(11-28-31)19-12-27-18-6-7-22(30-24(18)29-19)32(14-16-5-4-8-26-16)20-9-17(33-2)10-21(34-3)23(20)25/h4-7,9-13H,8,14H2,1-3H3. The summed E-state index contributed by atoms with van der Waals surface area (Å²) in [6.07, 6.45) is 9.13. The van der Waals surface area contributed by atoms with Gasteiger partial charge in [-0.25, -0.2) is 14.4 Å². The second kappa shape index (κ2) is 8.89. The molecule has 0 radical (unpaired) electrons. The van der Waals surface area contributed by atoms with Crippen molar-refractivity contribution in [1.29, 1.82) is 0 Å². The zero-order valence-electron chi connectivity index (χ0n) is 18.9. The zero-order chi connectivity index (χ0) is 23.7. The van der Waals surface area contributed by atoms with E-state index < -0.39 is 5.82 Å². The van der Waals surface area contributed by atoms with Crippen molar-refractivity contribution >= 4 is 28.4 Å². The number of benzene rings is 1. The van der Waals surface area contributed by atoms with Crippen LogP contribution in [-0.4, -0.2) is 57.8 Å². The first-order valence-electron chi connectivity index (χ1n) is 10.6. The lowest BCUT2D eigenvalue weighted by molar-refractivity contribution is 0.374. The highest BCUT2D eigenvalue weighted by molar-refractivity contribution is 6.01. The Labute approximate surface area is 195 Å². The highest BCUT2D eigenvalue weighted by atomic mass is 19.1. The number of fused-ring (bicyclic) bond motifs is 1. The molecule has 0 aliphatic carbocycles. The Balaban J connectivity index is 1.64. The van der Waals surface area contributed by atoms with Gasteiger partial charge in [0.25, 0.3) is 0 Å². The smallest absolute Gasteiger partial charge is 0.188 e. The molecule has 34 heavy (non-hydrogen) atoms. The number of rotatable bonds is 7. The number of pyridine rings is 1. The molecule has 9 nitrogen and oxygen atoms in total. The number of aliphatic imine (C=N–C) groups is 1. The van der Waals surface area contributed by atoms with Gasteiger partial charge in [-0.3, -0.25) is 14.7 Å². The van der Waals surface area contributed by atoms with Gasteiger partial charge in [-0.05, 0) is 18.2 Å². The van der Waals surface area contributed by atoms with Crippen LogP contribution in [0, 0.1) is 5.82 Å². The fourth-order valence-corrected chi connectivity index (χ4v) is 3.72. The Hall–Kier alpha value is -4.34. The lowest BCUT2D eigenvalue weighted by atomic mass is 10.2. The summed E-state index contributed by atoms with van der Waals surface area (Å²) < 4.78 is 27.8. The van der Waals surface area contributed by atoms with Crippen molar-refractivity contribution in [2.45, 2.75) is 0 Å². The molecule has 4 aromatic rings. The predicted octanol–water partition coefficient (Wildman–Crippen LogP) is 3.73. The topological polar surface area (TPSA) is 90.6 Å². The van der Waals surface area contributed by atoms with Crippen LogP contribution in [0.2, 0.25) is 0 Å². The molecule has 10 heteroatoms. The van der Waals surface area contributed by atoms with E-state index in [2.05, 4.69) is 20.1 Å². The number of hydrogen-bond donors (Lipinski definition) is 0. The first-order chi connectivity index (χ1) is 16.6. The summed E-state index contributed by atoms with van der Waals surface area (Å²) >= 11 is 0. The van der Waals surface area contributed by atoms with Crippen LogP contribution in [0.4, 0.5) is 15.9 Å². The van der Waals surface area contributed by atoms with E-state index in [1.807, 2.05) is 31.5 Å². The summed E-state index contributed by atoms with van der Waals surface area (Å²) in [5, 5.41) is 4.19. The lowest BCUT2D eigenvalue weighted by Crippen LogP contribution is -2.26. The fraction of sp³-hybridized carbons (Fsp3) is 0.208. The molecule has 0 fully saturated rings. The molecule has 0 saturated carbocycles. The highest BCUT2D eigenvalue weighted by Crippen LogP contribution is 2.36. The van der Waals surface area contributed by atoms with Gasteiger partial charge in [-0.1, -0.05) is 6.08 Å². The fourth-order valence-electron chi connectivity index (χ4n) is 3.72. The summed E-state index contributed by atoms with van der Waals surface area (Å²) in [7, 11) is 4.78. The average molecular weight is 459 g/mol. The minimum Gasteiger partial charge on any atom is -0.497 e. The number of ether oxygens (including phenoxy) is 2. The number of anilines is 2. The first-order valence-corrected chi connectivity index (χ1v) is 10.6. The molecule has 0 N–H and O–H groups in total. The van der Waals surface area contributed by atoms with Gasteiger partial charge in [-0.15, -0.1) is 0 Å². The van der Waals surface area contributed by atoms with Crippen molar-refractivity contribution in [1.82, 2.24) is 24.7 Å². The third-order valence-electron chi connectivity index (χ3n) is 5.44. The quantitative estimate of drug-likeness (QED) is 0.416. The average Bonchev–Trinajstić information content (AvgIpc) is 3.54. The summed E-state index contributed by atoms with van der Waals surface area (Å²) in [6, 6.07) is 6.71. The zero-order valence-corrected chi connectivity index (χ0v) is 18.9. The highest BCUT2D eigenvalue weighted by Gasteiger charge is 2.22. The monoisotopic (exact) mass is 459 g/mol. The third-order valence-corrected chi connectivity index (χ3v) is 5.44. The lowest BCUT2D eigenvalue weighted by Gasteiger charge is -2.25. The molecule has 0 saturated heterocycles. The van der Waals surface area contributed by atoms with Gasteiger partial charge in [0.1, 0.15) is 17.1 Å². The second-order valence-electron chi connectivity index (χ2n) is 7.65. The third kappa shape index (κ3) is 4.05. The van der Waals surface area contributed by atoms with Gasteiger partial charge >= 0.3 is 0 Å². The van der Waals surface area contributed by atoms with Crippen LogP contribution in [0.15, 0.2) is 60.0 Å². The van der Waals surface area contributed by atoms with E-state index in [9.17, 15) is 0 Å². The maximum Gasteiger partial charge on any atom is 0.188 e. The maximum atomic E-state index is 15.5. The Bertz CT molecular complexity index is 1430. The van der Waals surface area contributed by atoms with Gasteiger partial charge in [0.2, 0.25) is 0 Å². The minimum atomic E-state index is -0.525. The molecule has 0 amide bonds. The summed E-state index contributed by atoms with van der Waals surface area (Å²) in [6.45, 7) is 0.899. The first kappa shape index (κ1) is 21.5. The Kier molecular flexibility index (Phi) is 5.62. The number of halogens is 1. The summed E-state index contributed by atoms with van der Waals surface area (Å²) in [4.78, 5) is 20.1. The number of methoxy groups -OCH3 is 2. The molecule has 1 aliphatic heterocycles. The van der Waals surface area contributed by atoms with Crippen LogP contribution in [0.5, 0.6) is 11.5 Å². The molecule has 1 aromatic carbocycles. The second-order valence-corrected chi connectivity index (χ2v) is 7.65. The molecule has 3 aromatic heterocycles. The van der Waals surface area contributed by atoms with Crippen molar-refractivity contribution in [2.75, 3.05) is 32.2 Å². The molecular weight excluding hydrogens is 437 g/mol. The van der Waals surface area contributed by atoms with Crippen LogP contribution in [0.1, 0.15) is 0 Å². The molecule has 5 rings (SSSR count). The van der Waals surface area contributed by atoms with E-state index in [1.165, 1.54) is 20.3 Å². The predicted molar refractivity (Wildman–Crippen MR) is 127 cm³/mol. The van der Waals surface area contributed by atoms with Crippen LogP contribution in [-0.2, 0) is 7.05 Å².